The fourth-order valence-corrected chi connectivity index (χ4v) is 3.70. The van der Waals surface area contributed by atoms with Crippen LogP contribution in [0.25, 0.3) is 22.5 Å². The Morgan fingerprint density at radius 2 is 2.19 bits per heavy atom. The summed E-state index contributed by atoms with van der Waals surface area (Å²) in [4.78, 5) is 16.8. The number of amides is 1. The topological polar surface area (TPSA) is 73.0 Å². The van der Waals surface area contributed by atoms with Crippen LogP contribution in [-0.4, -0.2) is 26.7 Å². The highest BCUT2D eigenvalue weighted by Crippen LogP contribution is 2.33. The molecule has 6 nitrogen and oxygen atoms in total. The van der Waals surface area contributed by atoms with E-state index in [-0.39, 0.29) is 35.1 Å². The molecule has 0 aromatic carbocycles. The zero-order chi connectivity index (χ0) is 19.0. The zero-order valence-electron chi connectivity index (χ0n) is 14.9. The summed E-state index contributed by atoms with van der Waals surface area (Å²) in [7, 11) is 0. The van der Waals surface area contributed by atoms with E-state index in [1.54, 1.807) is 19.1 Å². The summed E-state index contributed by atoms with van der Waals surface area (Å²) in [6, 6.07) is 4.83. The number of halogens is 2. The van der Waals surface area contributed by atoms with E-state index in [0.29, 0.717) is 17.1 Å². The van der Waals surface area contributed by atoms with Gasteiger partial charge in [0.2, 0.25) is 5.91 Å². The first-order valence-electron chi connectivity index (χ1n) is 9.02. The van der Waals surface area contributed by atoms with Crippen LogP contribution in [0.4, 0.5) is 8.78 Å². The molecule has 0 atom stereocenters. The molecule has 1 amide bonds. The third kappa shape index (κ3) is 3.43. The fraction of sp³-hybridized carbons (Fsp3) is 0.421. The highest BCUT2D eigenvalue weighted by molar-refractivity contribution is 5.86. The number of carbonyl (C=O) groups is 1. The van der Waals surface area contributed by atoms with Gasteiger partial charge in [0.05, 0.1) is 17.3 Å². The number of carbonyl (C=O) groups excluding carboxylic acids is 1. The van der Waals surface area contributed by atoms with Crippen LogP contribution in [0.2, 0.25) is 0 Å². The van der Waals surface area contributed by atoms with Gasteiger partial charge in [0, 0.05) is 11.6 Å². The van der Waals surface area contributed by atoms with E-state index in [0.717, 1.165) is 25.7 Å². The standard InChI is InChI=1S/C19H20F2N4O2/c1-11-17-13(18(20)21)9-14(15-7-4-8-27-15)23-19(17)25(24-11)10-16(26)22-12-5-2-3-6-12/h4,7-9,12,18H,2-3,5-6,10H2,1H3,(H,22,26). The zero-order valence-corrected chi connectivity index (χ0v) is 14.9. The molecule has 1 fully saturated rings. The van der Waals surface area contributed by atoms with Crippen LogP contribution in [-0.2, 0) is 11.3 Å². The van der Waals surface area contributed by atoms with Gasteiger partial charge in [-0.3, -0.25) is 4.79 Å². The molecule has 0 bridgehead atoms. The molecule has 3 aromatic rings. The van der Waals surface area contributed by atoms with E-state index in [1.807, 2.05) is 0 Å². The summed E-state index contributed by atoms with van der Waals surface area (Å²) in [5.74, 6) is 0.203. The molecule has 3 heterocycles. The van der Waals surface area contributed by atoms with E-state index in [4.69, 9.17) is 4.42 Å². The van der Waals surface area contributed by atoms with Crippen molar-refractivity contribution in [1.82, 2.24) is 20.1 Å². The highest BCUT2D eigenvalue weighted by Gasteiger charge is 2.23. The molecule has 0 saturated heterocycles. The molecule has 1 aliphatic carbocycles. The minimum Gasteiger partial charge on any atom is -0.463 e. The Morgan fingerprint density at radius 3 is 2.85 bits per heavy atom. The van der Waals surface area contributed by atoms with E-state index >= 15 is 0 Å². The van der Waals surface area contributed by atoms with E-state index < -0.39 is 6.43 Å². The quantitative estimate of drug-likeness (QED) is 0.733. The average molecular weight is 374 g/mol. The minimum atomic E-state index is -2.69. The van der Waals surface area contributed by atoms with E-state index in [1.165, 1.54) is 17.0 Å². The predicted octanol–water partition coefficient (Wildman–Crippen LogP) is 4.00. The number of aromatic nitrogens is 3. The lowest BCUT2D eigenvalue weighted by Crippen LogP contribution is -2.35. The van der Waals surface area contributed by atoms with Gasteiger partial charge in [-0.05, 0) is 38.0 Å². The third-order valence-corrected chi connectivity index (χ3v) is 4.93. The normalized spacial score (nSPS) is 15.1. The van der Waals surface area contributed by atoms with Crippen LogP contribution in [0.3, 0.4) is 0 Å². The van der Waals surface area contributed by atoms with Crippen molar-refractivity contribution in [2.45, 2.75) is 51.6 Å². The first kappa shape index (κ1) is 17.6. The summed E-state index contributed by atoms with van der Waals surface area (Å²) < 4.78 is 34.0. The number of nitrogens with zero attached hydrogens (tertiary/aromatic N) is 3. The number of nitrogens with one attached hydrogen (secondary N) is 1. The smallest absolute Gasteiger partial charge is 0.264 e. The molecule has 3 aromatic heterocycles. The summed E-state index contributed by atoms with van der Waals surface area (Å²) in [5, 5.41) is 7.57. The largest absolute Gasteiger partial charge is 0.463 e. The van der Waals surface area contributed by atoms with Gasteiger partial charge in [-0.2, -0.15) is 5.10 Å². The van der Waals surface area contributed by atoms with Gasteiger partial charge in [0.25, 0.3) is 6.43 Å². The molecule has 4 rings (SSSR count). The SMILES string of the molecule is Cc1nn(CC(=O)NC2CCCC2)c2nc(-c3ccco3)cc(C(F)F)c12. The van der Waals surface area contributed by atoms with Crippen LogP contribution in [0.1, 0.15) is 43.4 Å². The molecular formula is C19H20F2N4O2. The number of hydrogen-bond donors (Lipinski definition) is 1. The van der Waals surface area contributed by atoms with E-state index in [2.05, 4.69) is 15.4 Å². The van der Waals surface area contributed by atoms with Gasteiger partial charge in [-0.15, -0.1) is 0 Å². The van der Waals surface area contributed by atoms with Gasteiger partial charge >= 0.3 is 0 Å². The molecule has 27 heavy (non-hydrogen) atoms. The Labute approximate surface area is 154 Å². The Morgan fingerprint density at radius 1 is 1.41 bits per heavy atom. The number of furan rings is 1. The molecule has 1 aliphatic rings. The summed E-state index contributed by atoms with van der Waals surface area (Å²) in [5.41, 5.74) is 0.817. The lowest BCUT2D eigenvalue weighted by molar-refractivity contribution is -0.122. The lowest BCUT2D eigenvalue weighted by atomic mass is 10.1. The van der Waals surface area contributed by atoms with Gasteiger partial charge in [-0.25, -0.2) is 18.4 Å². The Bertz CT molecular complexity index is 960. The monoisotopic (exact) mass is 374 g/mol. The van der Waals surface area contributed by atoms with Crippen molar-refractivity contribution >= 4 is 16.9 Å². The van der Waals surface area contributed by atoms with Crippen LogP contribution in [0.5, 0.6) is 0 Å². The van der Waals surface area contributed by atoms with Crippen LogP contribution in [0.15, 0.2) is 28.9 Å². The first-order valence-corrected chi connectivity index (χ1v) is 9.02. The maximum absolute atomic E-state index is 13.7. The summed E-state index contributed by atoms with van der Waals surface area (Å²) >= 11 is 0. The summed E-state index contributed by atoms with van der Waals surface area (Å²) in [6.07, 6.45) is 2.94. The Kier molecular flexibility index (Phi) is 4.63. The van der Waals surface area contributed by atoms with Crippen molar-refractivity contribution in [3.63, 3.8) is 0 Å². The van der Waals surface area contributed by atoms with Gasteiger partial charge in [-0.1, -0.05) is 12.8 Å². The molecule has 0 radical (unpaired) electrons. The van der Waals surface area contributed by atoms with Crippen LogP contribution < -0.4 is 5.32 Å². The predicted molar refractivity (Wildman–Crippen MR) is 95.3 cm³/mol. The second kappa shape index (κ2) is 7.09. The maximum atomic E-state index is 13.7. The van der Waals surface area contributed by atoms with Crippen LogP contribution >= 0.6 is 0 Å². The number of rotatable bonds is 5. The Hall–Kier alpha value is -2.77. The number of fused-ring (bicyclic) bond motifs is 1. The van der Waals surface area contributed by atoms with E-state index in [9.17, 15) is 13.6 Å². The third-order valence-electron chi connectivity index (χ3n) is 4.93. The fourth-order valence-electron chi connectivity index (χ4n) is 3.70. The molecule has 142 valence electrons. The number of pyridine rings is 1. The number of aryl methyl sites for hydroxylation is 1. The van der Waals surface area contributed by atoms with Gasteiger partial charge in [0.15, 0.2) is 11.4 Å². The Balaban J connectivity index is 1.73. The van der Waals surface area contributed by atoms with Crippen molar-refractivity contribution in [2.75, 3.05) is 0 Å². The van der Waals surface area contributed by atoms with Crippen LogP contribution in [0, 0.1) is 6.92 Å². The van der Waals surface area contributed by atoms with Crippen molar-refractivity contribution in [2.24, 2.45) is 0 Å². The van der Waals surface area contributed by atoms with Crippen molar-refractivity contribution in [3.05, 3.63) is 35.7 Å². The van der Waals surface area contributed by atoms with Gasteiger partial charge < -0.3 is 9.73 Å². The second-order valence-electron chi connectivity index (χ2n) is 6.87. The number of hydrogen-bond acceptors (Lipinski definition) is 4. The summed E-state index contributed by atoms with van der Waals surface area (Å²) in [6.45, 7) is 1.59. The van der Waals surface area contributed by atoms with Crippen molar-refractivity contribution < 1.29 is 18.0 Å². The van der Waals surface area contributed by atoms with Crippen molar-refractivity contribution in [1.29, 1.82) is 0 Å². The lowest BCUT2D eigenvalue weighted by Gasteiger charge is -2.12. The molecule has 8 heteroatoms. The molecule has 0 spiro atoms. The first-order chi connectivity index (χ1) is 13.0. The maximum Gasteiger partial charge on any atom is 0.264 e. The molecule has 0 unspecified atom stereocenters. The number of alkyl halides is 2. The second-order valence-corrected chi connectivity index (χ2v) is 6.87. The molecule has 0 aliphatic heterocycles. The molecule has 1 N–H and O–H groups in total. The van der Waals surface area contributed by atoms with Gasteiger partial charge in [0.1, 0.15) is 12.2 Å². The average Bonchev–Trinajstić information content (AvgIpc) is 3.37. The molecule has 1 saturated carbocycles. The van der Waals surface area contributed by atoms with Crippen molar-refractivity contribution in [3.8, 4) is 11.5 Å². The molecular weight excluding hydrogens is 354 g/mol. The highest BCUT2D eigenvalue weighted by atomic mass is 19.3. The minimum absolute atomic E-state index is 0.0574.